The Morgan fingerprint density at radius 3 is 2.62 bits per heavy atom. The molecule has 1 amide bonds. The third-order valence-corrected chi connectivity index (χ3v) is 5.28. The number of anilines is 1. The van der Waals surface area contributed by atoms with Crippen LogP contribution in [0.15, 0.2) is 33.2 Å². The molecule has 4 rings (SSSR count). The van der Waals surface area contributed by atoms with Crippen LogP contribution in [-0.4, -0.2) is 19.4 Å². The van der Waals surface area contributed by atoms with Crippen molar-refractivity contribution < 1.29 is 4.79 Å². The lowest BCUT2D eigenvalue weighted by Gasteiger charge is -2.14. The van der Waals surface area contributed by atoms with Crippen LogP contribution in [0.3, 0.4) is 0 Å². The molecule has 134 valence electrons. The SMILES string of the molecule is Cc1cccc(C)c1NC(=O)Cn1c(=O)n(C2CC2)c(=O)c2nscc21. The average molecular weight is 370 g/mol. The maximum Gasteiger partial charge on any atom is 0.332 e. The van der Waals surface area contributed by atoms with E-state index >= 15 is 0 Å². The van der Waals surface area contributed by atoms with Gasteiger partial charge in [0.2, 0.25) is 5.91 Å². The lowest BCUT2D eigenvalue weighted by Crippen LogP contribution is -2.41. The normalized spacial score (nSPS) is 13.9. The Labute approximate surface area is 153 Å². The quantitative estimate of drug-likeness (QED) is 0.763. The fourth-order valence-corrected chi connectivity index (χ4v) is 3.82. The Balaban J connectivity index is 1.73. The van der Waals surface area contributed by atoms with Crippen LogP contribution in [-0.2, 0) is 11.3 Å². The van der Waals surface area contributed by atoms with Crippen molar-refractivity contribution in [3.8, 4) is 0 Å². The van der Waals surface area contributed by atoms with Gasteiger partial charge in [0.15, 0.2) is 5.52 Å². The van der Waals surface area contributed by atoms with Gasteiger partial charge in [0.1, 0.15) is 6.54 Å². The predicted molar refractivity (Wildman–Crippen MR) is 101 cm³/mol. The molecule has 0 radical (unpaired) electrons. The van der Waals surface area contributed by atoms with Crippen LogP contribution in [0.25, 0.3) is 11.0 Å². The van der Waals surface area contributed by atoms with Gasteiger partial charge in [-0.25, -0.2) is 4.79 Å². The number of rotatable bonds is 4. The first-order chi connectivity index (χ1) is 12.5. The molecule has 1 aliphatic carbocycles. The number of nitrogens with zero attached hydrogens (tertiary/aromatic N) is 3. The van der Waals surface area contributed by atoms with E-state index in [2.05, 4.69) is 9.69 Å². The molecule has 1 N–H and O–H groups in total. The Morgan fingerprint density at radius 2 is 1.96 bits per heavy atom. The zero-order valence-electron chi connectivity index (χ0n) is 14.5. The van der Waals surface area contributed by atoms with Gasteiger partial charge in [0.05, 0.1) is 5.52 Å². The van der Waals surface area contributed by atoms with E-state index in [1.54, 1.807) is 5.38 Å². The summed E-state index contributed by atoms with van der Waals surface area (Å²) in [5, 5.41) is 4.53. The van der Waals surface area contributed by atoms with E-state index in [0.29, 0.717) is 5.52 Å². The van der Waals surface area contributed by atoms with Gasteiger partial charge < -0.3 is 5.32 Å². The minimum absolute atomic E-state index is 0.0750. The molecule has 1 saturated carbocycles. The largest absolute Gasteiger partial charge is 0.332 e. The molecule has 0 bridgehead atoms. The second kappa shape index (κ2) is 6.21. The Morgan fingerprint density at radius 1 is 1.27 bits per heavy atom. The topological polar surface area (TPSA) is 86.0 Å². The summed E-state index contributed by atoms with van der Waals surface area (Å²) >= 11 is 1.11. The van der Waals surface area contributed by atoms with Gasteiger partial charge in [0.25, 0.3) is 5.56 Å². The number of para-hydroxylation sites is 1. The first-order valence-corrected chi connectivity index (χ1v) is 9.26. The molecular formula is C18H18N4O3S. The average Bonchev–Trinajstić information content (AvgIpc) is 3.30. The van der Waals surface area contributed by atoms with Gasteiger partial charge in [-0.2, -0.15) is 4.37 Å². The van der Waals surface area contributed by atoms with Crippen LogP contribution >= 0.6 is 11.5 Å². The van der Waals surface area contributed by atoms with E-state index in [-0.39, 0.29) is 29.6 Å². The first kappa shape index (κ1) is 16.7. The van der Waals surface area contributed by atoms with Crippen molar-refractivity contribution in [3.63, 3.8) is 0 Å². The van der Waals surface area contributed by atoms with Crippen molar-refractivity contribution >= 4 is 34.2 Å². The van der Waals surface area contributed by atoms with E-state index in [1.165, 1.54) is 9.13 Å². The third kappa shape index (κ3) is 2.76. The highest BCUT2D eigenvalue weighted by Crippen LogP contribution is 2.32. The Bertz CT molecular complexity index is 1120. The summed E-state index contributed by atoms with van der Waals surface area (Å²) in [6, 6.07) is 5.69. The molecule has 7 nitrogen and oxygen atoms in total. The minimum atomic E-state index is -0.443. The molecule has 0 atom stereocenters. The van der Waals surface area contributed by atoms with Crippen LogP contribution in [0, 0.1) is 13.8 Å². The monoisotopic (exact) mass is 370 g/mol. The van der Waals surface area contributed by atoms with E-state index in [0.717, 1.165) is 41.2 Å². The molecule has 2 aromatic heterocycles. The van der Waals surface area contributed by atoms with Crippen LogP contribution < -0.4 is 16.6 Å². The van der Waals surface area contributed by atoms with Crippen LogP contribution in [0.2, 0.25) is 0 Å². The second-order valence-corrected chi connectivity index (χ2v) is 7.27. The summed E-state index contributed by atoms with van der Waals surface area (Å²) in [6.45, 7) is 3.68. The second-order valence-electron chi connectivity index (χ2n) is 6.64. The molecule has 0 aliphatic heterocycles. The van der Waals surface area contributed by atoms with Gasteiger partial charge in [-0.3, -0.25) is 18.7 Å². The molecule has 3 aromatic rings. The standard InChI is InChI=1S/C18H18N4O3S/c1-10-4-3-5-11(2)15(10)19-14(23)8-21-13-9-26-20-16(13)17(24)22(18(21)25)12-6-7-12/h3-5,9,12H,6-8H2,1-2H3,(H,19,23). The van der Waals surface area contributed by atoms with E-state index < -0.39 is 5.69 Å². The Kier molecular flexibility index (Phi) is 3.99. The van der Waals surface area contributed by atoms with Gasteiger partial charge in [-0.1, -0.05) is 18.2 Å². The molecule has 1 fully saturated rings. The number of carbonyl (C=O) groups excluding carboxylic acids is 1. The predicted octanol–water partition coefficient (Wildman–Crippen LogP) is 2.21. The molecule has 1 aliphatic rings. The number of aryl methyl sites for hydroxylation is 2. The van der Waals surface area contributed by atoms with Crippen molar-refractivity contribution in [2.24, 2.45) is 0 Å². The molecule has 1 aromatic carbocycles. The molecule has 8 heteroatoms. The fourth-order valence-electron chi connectivity index (χ4n) is 3.15. The van der Waals surface area contributed by atoms with Gasteiger partial charge >= 0.3 is 5.69 Å². The smallest absolute Gasteiger partial charge is 0.324 e. The van der Waals surface area contributed by atoms with E-state index in [9.17, 15) is 14.4 Å². The number of fused-ring (bicyclic) bond motifs is 1. The third-order valence-electron chi connectivity index (χ3n) is 4.66. The highest BCUT2D eigenvalue weighted by molar-refractivity contribution is 7.04. The van der Waals surface area contributed by atoms with E-state index in [4.69, 9.17) is 0 Å². The maximum atomic E-state index is 12.8. The fraction of sp³-hybridized carbons (Fsp3) is 0.333. The van der Waals surface area contributed by atoms with Gasteiger partial charge in [-0.15, -0.1) is 0 Å². The zero-order valence-corrected chi connectivity index (χ0v) is 15.3. The molecular weight excluding hydrogens is 352 g/mol. The number of hydrogen-bond acceptors (Lipinski definition) is 5. The van der Waals surface area contributed by atoms with Crippen molar-refractivity contribution in [1.29, 1.82) is 0 Å². The number of hydrogen-bond donors (Lipinski definition) is 1. The number of amides is 1. The highest BCUT2D eigenvalue weighted by atomic mass is 32.1. The summed E-state index contributed by atoms with van der Waals surface area (Å²) in [5.74, 6) is -0.307. The first-order valence-electron chi connectivity index (χ1n) is 8.43. The van der Waals surface area contributed by atoms with Crippen LogP contribution in [0.1, 0.15) is 30.0 Å². The van der Waals surface area contributed by atoms with E-state index in [1.807, 2.05) is 32.0 Å². The number of nitrogens with one attached hydrogen (secondary N) is 1. The van der Waals surface area contributed by atoms with Crippen LogP contribution in [0.4, 0.5) is 5.69 Å². The highest BCUT2D eigenvalue weighted by Gasteiger charge is 2.29. The summed E-state index contributed by atoms with van der Waals surface area (Å²) in [7, 11) is 0. The number of carbonyl (C=O) groups is 1. The van der Waals surface area contributed by atoms with Gasteiger partial charge in [0, 0.05) is 17.1 Å². The van der Waals surface area contributed by atoms with Crippen LogP contribution in [0.5, 0.6) is 0 Å². The summed E-state index contributed by atoms with van der Waals surface area (Å²) < 4.78 is 6.72. The number of benzene rings is 1. The van der Waals surface area contributed by atoms with Crippen molar-refractivity contribution in [3.05, 3.63) is 55.5 Å². The van der Waals surface area contributed by atoms with Crippen molar-refractivity contribution in [2.75, 3.05) is 5.32 Å². The Hall–Kier alpha value is -2.74. The molecule has 0 spiro atoms. The minimum Gasteiger partial charge on any atom is -0.324 e. The molecule has 2 heterocycles. The maximum absolute atomic E-state index is 12.8. The molecule has 0 saturated heterocycles. The van der Waals surface area contributed by atoms with Crippen molar-refractivity contribution in [2.45, 2.75) is 39.3 Å². The summed E-state index contributed by atoms with van der Waals surface area (Å²) in [4.78, 5) is 37.9. The summed E-state index contributed by atoms with van der Waals surface area (Å²) in [5.41, 5.74) is 2.52. The number of aromatic nitrogens is 3. The lowest BCUT2D eigenvalue weighted by atomic mass is 10.1. The lowest BCUT2D eigenvalue weighted by molar-refractivity contribution is -0.116. The van der Waals surface area contributed by atoms with Crippen molar-refractivity contribution in [1.82, 2.24) is 13.5 Å². The summed E-state index contributed by atoms with van der Waals surface area (Å²) in [6.07, 6.45) is 1.61. The van der Waals surface area contributed by atoms with Gasteiger partial charge in [-0.05, 0) is 49.3 Å². The molecule has 0 unspecified atom stereocenters. The molecule has 26 heavy (non-hydrogen) atoms. The zero-order chi connectivity index (χ0) is 18.4.